The molecule has 2 aromatic rings. The zero-order valence-electron chi connectivity index (χ0n) is 18.6. The number of rotatable bonds is 7. The number of nitrogens with zero attached hydrogens (tertiary/aromatic N) is 2. The van der Waals surface area contributed by atoms with Crippen LogP contribution in [0.3, 0.4) is 0 Å². The van der Waals surface area contributed by atoms with E-state index in [-0.39, 0.29) is 17.3 Å². The molecule has 0 N–H and O–H groups in total. The second-order valence-corrected chi connectivity index (χ2v) is 10.1. The van der Waals surface area contributed by atoms with Crippen molar-refractivity contribution in [3.63, 3.8) is 0 Å². The summed E-state index contributed by atoms with van der Waals surface area (Å²) in [6, 6.07) is 12.1. The molecule has 1 aliphatic heterocycles. The molecular formula is C24H32N2O4S. The normalized spacial score (nSPS) is 15.0. The molecule has 6 nitrogen and oxygen atoms in total. The number of hydrogen-bond donors (Lipinski definition) is 0. The number of benzene rings is 2. The van der Waals surface area contributed by atoms with Crippen molar-refractivity contribution in [3.8, 4) is 5.75 Å². The van der Waals surface area contributed by atoms with Gasteiger partial charge < -0.3 is 9.64 Å². The van der Waals surface area contributed by atoms with E-state index in [0.29, 0.717) is 23.5 Å². The quantitative estimate of drug-likeness (QED) is 0.641. The molecule has 0 bridgehead atoms. The molecule has 1 amide bonds. The van der Waals surface area contributed by atoms with Gasteiger partial charge in [-0.2, -0.15) is 4.31 Å². The Balaban J connectivity index is 1.86. The average molecular weight is 445 g/mol. The van der Waals surface area contributed by atoms with E-state index in [4.69, 9.17) is 4.74 Å². The molecule has 168 valence electrons. The topological polar surface area (TPSA) is 66.9 Å². The molecule has 3 rings (SSSR count). The van der Waals surface area contributed by atoms with Crippen molar-refractivity contribution < 1.29 is 17.9 Å². The third-order valence-corrected chi connectivity index (χ3v) is 7.44. The van der Waals surface area contributed by atoms with Gasteiger partial charge in [0.15, 0.2) is 0 Å². The number of hydrogen-bond acceptors (Lipinski definition) is 4. The van der Waals surface area contributed by atoms with Crippen molar-refractivity contribution in [3.05, 3.63) is 59.2 Å². The Hall–Kier alpha value is -2.38. The van der Waals surface area contributed by atoms with Crippen molar-refractivity contribution in [2.24, 2.45) is 0 Å². The van der Waals surface area contributed by atoms with Crippen molar-refractivity contribution in [2.75, 3.05) is 26.7 Å². The van der Waals surface area contributed by atoms with Crippen LogP contribution in [0.4, 0.5) is 0 Å². The first kappa shape index (κ1) is 23.3. The summed E-state index contributed by atoms with van der Waals surface area (Å²) in [5, 5.41) is 0. The van der Waals surface area contributed by atoms with Gasteiger partial charge in [-0.25, -0.2) is 8.42 Å². The first-order valence-corrected chi connectivity index (χ1v) is 12.3. The van der Waals surface area contributed by atoms with E-state index < -0.39 is 10.0 Å². The summed E-state index contributed by atoms with van der Waals surface area (Å²) in [5.41, 5.74) is 2.25. The van der Waals surface area contributed by atoms with Crippen LogP contribution in [0.25, 0.3) is 0 Å². The zero-order valence-corrected chi connectivity index (χ0v) is 19.5. The summed E-state index contributed by atoms with van der Waals surface area (Å²) >= 11 is 0. The highest BCUT2D eigenvalue weighted by Gasteiger charge is 2.24. The van der Waals surface area contributed by atoms with Crippen molar-refractivity contribution >= 4 is 15.9 Å². The molecule has 0 aliphatic carbocycles. The molecule has 0 aromatic heterocycles. The number of sulfonamides is 1. The number of carbonyl (C=O) groups is 1. The number of ether oxygens (including phenoxy) is 1. The fraction of sp³-hybridized carbons (Fsp3) is 0.458. The minimum atomic E-state index is -3.66. The fourth-order valence-electron chi connectivity index (χ4n) is 3.80. The van der Waals surface area contributed by atoms with E-state index in [1.54, 1.807) is 49.5 Å². The van der Waals surface area contributed by atoms with Gasteiger partial charge in [-0.1, -0.05) is 30.5 Å². The van der Waals surface area contributed by atoms with Crippen molar-refractivity contribution in [2.45, 2.75) is 51.0 Å². The number of amides is 1. The van der Waals surface area contributed by atoms with Crippen LogP contribution in [0.1, 0.15) is 54.1 Å². The van der Waals surface area contributed by atoms with Gasteiger partial charge in [0.05, 0.1) is 11.5 Å². The Morgan fingerprint density at radius 3 is 2.29 bits per heavy atom. The highest BCUT2D eigenvalue weighted by atomic mass is 32.2. The molecule has 0 radical (unpaired) electrons. The molecule has 2 aromatic carbocycles. The second kappa shape index (κ2) is 10.3. The van der Waals surface area contributed by atoms with Crippen LogP contribution >= 0.6 is 0 Å². The monoisotopic (exact) mass is 444 g/mol. The molecule has 1 aliphatic rings. The van der Waals surface area contributed by atoms with Crippen molar-refractivity contribution in [1.29, 1.82) is 0 Å². The average Bonchev–Trinajstić information content (AvgIpc) is 3.04. The van der Waals surface area contributed by atoms with E-state index in [0.717, 1.165) is 44.3 Å². The summed E-state index contributed by atoms with van der Waals surface area (Å²) in [5.74, 6) is 0.594. The Labute approximate surface area is 185 Å². The standard InChI is InChI=1S/C24H32N2O4S/c1-4-30-23-14-11-20(24(27)26-15-7-5-6-8-16-26)17-21(23)18-25(3)31(28,29)22-12-9-19(2)10-13-22/h9-14,17H,4-8,15-16,18H2,1-3H3. The number of carbonyl (C=O) groups excluding carboxylic acids is 1. The smallest absolute Gasteiger partial charge is 0.253 e. The highest BCUT2D eigenvalue weighted by molar-refractivity contribution is 7.89. The first-order valence-electron chi connectivity index (χ1n) is 10.9. The van der Waals surface area contributed by atoms with Crippen molar-refractivity contribution in [1.82, 2.24) is 9.21 Å². The summed E-state index contributed by atoms with van der Waals surface area (Å²) in [6.45, 7) is 5.91. The van der Waals surface area contributed by atoms with Crippen LogP contribution in [-0.4, -0.2) is 50.3 Å². The van der Waals surface area contributed by atoms with Crippen LogP contribution in [0.2, 0.25) is 0 Å². The van der Waals surface area contributed by atoms with Crippen LogP contribution in [0.15, 0.2) is 47.4 Å². The maximum absolute atomic E-state index is 13.1. The predicted octanol–water partition coefficient (Wildman–Crippen LogP) is 4.23. The van der Waals surface area contributed by atoms with E-state index in [2.05, 4.69) is 0 Å². The Bertz CT molecular complexity index is 995. The molecule has 0 spiro atoms. The van der Waals surface area contributed by atoms with Gasteiger partial charge in [0.1, 0.15) is 5.75 Å². The maximum atomic E-state index is 13.1. The molecule has 31 heavy (non-hydrogen) atoms. The van der Waals surface area contributed by atoms with Gasteiger partial charge in [-0.3, -0.25) is 4.79 Å². The van der Waals surface area contributed by atoms with E-state index in [9.17, 15) is 13.2 Å². The summed E-state index contributed by atoms with van der Waals surface area (Å²) in [4.78, 5) is 15.2. The Morgan fingerprint density at radius 1 is 1.03 bits per heavy atom. The SMILES string of the molecule is CCOc1ccc(C(=O)N2CCCCCC2)cc1CN(C)S(=O)(=O)c1ccc(C)cc1. The molecule has 1 saturated heterocycles. The molecule has 1 heterocycles. The van der Waals surface area contributed by atoms with E-state index >= 15 is 0 Å². The lowest BCUT2D eigenvalue weighted by Gasteiger charge is -2.22. The fourth-order valence-corrected chi connectivity index (χ4v) is 4.95. The number of aryl methyl sites for hydroxylation is 1. The zero-order chi connectivity index (χ0) is 22.4. The third kappa shape index (κ3) is 5.66. The third-order valence-electron chi connectivity index (χ3n) is 5.62. The lowest BCUT2D eigenvalue weighted by molar-refractivity contribution is 0.0761. The van der Waals surface area contributed by atoms with Gasteiger partial charge in [-0.15, -0.1) is 0 Å². The maximum Gasteiger partial charge on any atom is 0.253 e. The van der Waals surface area contributed by atoms with Gasteiger partial charge in [0, 0.05) is 37.8 Å². The first-order chi connectivity index (χ1) is 14.8. The summed E-state index contributed by atoms with van der Waals surface area (Å²) < 4.78 is 33.1. The van der Waals surface area contributed by atoms with Crippen LogP contribution in [-0.2, 0) is 16.6 Å². The van der Waals surface area contributed by atoms with Gasteiger partial charge in [0.25, 0.3) is 5.91 Å². The summed E-state index contributed by atoms with van der Waals surface area (Å²) in [7, 11) is -2.11. The molecule has 0 unspecified atom stereocenters. The van der Waals surface area contributed by atoms with Gasteiger partial charge in [-0.05, 0) is 57.0 Å². The van der Waals surface area contributed by atoms with Crippen LogP contribution < -0.4 is 4.74 Å². The minimum absolute atomic E-state index is 0.00440. The number of likely N-dealkylation sites (tertiary alicyclic amines) is 1. The predicted molar refractivity (Wildman–Crippen MR) is 122 cm³/mol. The van der Waals surface area contributed by atoms with Gasteiger partial charge in [0.2, 0.25) is 10.0 Å². The molecule has 0 saturated carbocycles. The minimum Gasteiger partial charge on any atom is -0.494 e. The lowest BCUT2D eigenvalue weighted by atomic mass is 10.1. The van der Waals surface area contributed by atoms with E-state index in [1.165, 1.54) is 4.31 Å². The molecule has 1 fully saturated rings. The van der Waals surface area contributed by atoms with Gasteiger partial charge >= 0.3 is 0 Å². The van der Waals surface area contributed by atoms with E-state index in [1.807, 2.05) is 18.7 Å². The van der Waals surface area contributed by atoms with Crippen LogP contribution in [0, 0.1) is 6.92 Å². The largest absolute Gasteiger partial charge is 0.494 e. The Morgan fingerprint density at radius 2 is 1.68 bits per heavy atom. The second-order valence-electron chi connectivity index (χ2n) is 8.04. The lowest BCUT2D eigenvalue weighted by Crippen LogP contribution is -2.32. The molecule has 7 heteroatoms. The highest BCUT2D eigenvalue weighted by Crippen LogP contribution is 2.26. The summed E-state index contributed by atoms with van der Waals surface area (Å²) in [6.07, 6.45) is 4.35. The molecular weight excluding hydrogens is 412 g/mol. The Kier molecular flexibility index (Phi) is 7.73. The van der Waals surface area contributed by atoms with Crippen LogP contribution in [0.5, 0.6) is 5.75 Å². The molecule has 0 atom stereocenters.